The molecule has 1 N–H and O–H groups in total. The Morgan fingerprint density at radius 1 is 1.05 bits per heavy atom. The molecule has 0 bridgehead atoms. The molecule has 5 nitrogen and oxygen atoms in total. The normalized spacial score (nSPS) is 16.9. The Labute approximate surface area is 220 Å². The van der Waals surface area contributed by atoms with Crippen LogP contribution in [-0.4, -0.2) is 17.1 Å². The van der Waals surface area contributed by atoms with E-state index >= 15 is 0 Å². The van der Waals surface area contributed by atoms with Crippen LogP contribution in [0.1, 0.15) is 16.7 Å². The van der Waals surface area contributed by atoms with E-state index in [1.54, 1.807) is 30.3 Å². The van der Waals surface area contributed by atoms with Crippen molar-refractivity contribution in [3.8, 4) is 6.07 Å². The Morgan fingerprint density at radius 3 is 2.32 bits per heavy atom. The average molecular weight is 542 g/mol. The quantitative estimate of drug-likeness (QED) is 0.302. The molecule has 1 aliphatic rings. The summed E-state index contributed by atoms with van der Waals surface area (Å²) in [5.41, 5.74) is -0.139. The van der Waals surface area contributed by atoms with Crippen LogP contribution in [0, 0.1) is 11.3 Å². The molecule has 0 radical (unpaired) electrons. The highest BCUT2D eigenvalue weighted by atomic mass is 35.5. The lowest BCUT2D eigenvalue weighted by Gasteiger charge is -2.19. The number of hydrogen-bond donors (Lipinski definition) is 1. The van der Waals surface area contributed by atoms with Gasteiger partial charge in [-0.3, -0.25) is 14.5 Å². The zero-order valence-corrected chi connectivity index (χ0v) is 20.7. The first kappa shape index (κ1) is 26.3. The minimum atomic E-state index is -4.64. The third kappa shape index (κ3) is 5.98. The maximum Gasteiger partial charge on any atom is 0.416 e. The fraction of sp³-hybridized carbons (Fsp3) is 0.148. The van der Waals surface area contributed by atoms with Gasteiger partial charge in [-0.1, -0.05) is 71.9 Å². The molecule has 1 heterocycles. The molecule has 37 heavy (non-hydrogen) atoms. The van der Waals surface area contributed by atoms with E-state index in [1.807, 2.05) is 36.4 Å². The van der Waals surface area contributed by atoms with Crippen molar-refractivity contribution in [1.82, 2.24) is 5.32 Å². The van der Waals surface area contributed by atoms with Crippen LogP contribution in [0.2, 0.25) is 5.02 Å². The predicted octanol–water partition coefficient (Wildman–Crippen LogP) is 6.10. The Bertz CT molecular complexity index is 1390. The Morgan fingerprint density at radius 2 is 1.70 bits per heavy atom. The van der Waals surface area contributed by atoms with E-state index in [9.17, 15) is 28.0 Å². The van der Waals surface area contributed by atoms with Crippen molar-refractivity contribution in [3.63, 3.8) is 0 Å². The Kier molecular flexibility index (Phi) is 7.91. The van der Waals surface area contributed by atoms with Gasteiger partial charge in [-0.2, -0.15) is 18.4 Å². The maximum atomic E-state index is 13.6. The van der Waals surface area contributed by atoms with Crippen molar-refractivity contribution in [1.29, 1.82) is 5.26 Å². The fourth-order valence-corrected chi connectivity index (χ4v) is 5.36. The Balaban J connectivity index is 1.70. The van der Waals surface area contributed by atoms with Crippen molar-refractivity contribution >= 4 is 40.9 Å². The number of alkyl halides is 3. The number of para-hydroxylation sites is 1. The molecule has 0 aliphatic carbocycles. The van der Waals surface area contributed by atoms with E-state index in [-0.39, 0.29) is 34.2 Å². The number of anilines is 1. The monoisotopic (exact) mass is 541 g/mol. The summed E-state index contributed by atoms with van der Waals surface area (Å²) in [6.07, 6.45) is -4.94. The largest absolute Gasteiger partial charge is 0.416 e. The lowest BCUT2D eigenvalue weighted by Crippen LogP contribution is -2.32. The molecule has 10 heteroatoms. The van der Waals surface area contributed by atoms with Crippen LogP contribution in [-0.2, 0) is 28.7 Å². The number of nitrogens with zero attached hydrogens (tertiary/aromatic N) is 2. The van der Waals surface area contributed by atoms with Crippen LogP contribution in [0.3, 0.4) is 0 Å². The van der Waals surface area contributed by atoms with E-state index in [0.29, 0.717) is 5.69 Å². The van der Waals surface area contributed by atoms with Gasteiger partial charge in [0, 0.05) is 17.3 Å². The minimum Gasteiger partial charge on any atom is -0.347 e. The highest BCUT2D eigenvalue weighted by molar-refractivity contribution is 8.05. The standard InChI is InChI=1S/C27H19ClF3N3O2S/c28-19-11-12-22(27(29,30)31)18(13-19)14-23-25(36)34(20-9-5-2-6-10-20)26(37-23)21(15-32)24(35)33-16-17-7-3-1-4-8-17/h1-13,23H,14,16H2,(H,33,35). The number of nitriles is 1. The molecular weight excluding hydrogens is 523 g/mol. The SMILES string of the molecule is N#CC(C(=O)NCc1ccccc1)=C1SC(Cc2cc(Cl)ccc2C(F)(F)F)C(=O)N1c1ccccc1. The highest BCUT2D eigenvalue weighted by Gasteiger charge is 2.42. The van der Waals surface area contributed by atoms with E-state index in [1.165, 1.54) is 11.0 Å². The molecule has 1 saturated heterocycles. The van der Waals surface area contributed by atoms with Crippen LogP contribution in [0.5, 0.6) is 0 Å². The number of nitrogens with one attached hydrogen (secondary N) is 1. The molecule has 0 saturated carbocycles. The first-order valence-electron chi connectivity index (χ1n) is 11.1. The summed E-state index contributed by atoms with van der Waals surface area (Å²) in [4.78, 5) is 27.7. The first-order valence-corrected chi connectivity index (χ1v) is 12.3. The third-order valence-corrected chi connectivity index (χ3v) is 7.09. The molecule has 3 aromatic rings. The molecular formula is C27H19ClF3N3O2S. The van der Waals surface area contributed by atoms with Gasteiger partial charge in [0.15, 0.2) is 0 Å². The molecule has 188 valence electrons. The number of thioether (sulfide) groups is 1. The molecule has 0 aromatic heterocycles. The van der Waals surface area contributed by atoms with Gasteiger partial charge in [-0.15, -0.1) is 0 Å². The lowest BCUT2D eigenvalue weighted by molar-refractivity contribution is -0.138. The van der Waals surface area contributed by atoms with Crippen LogP contribution in [0.4, 0.5) is 18.9 Å². The summed E-state index contributed by atoms with van der Waals surface area (Å²) in [6, 6.07) is 22.5. The maximum absolute atomic E-state index is 13.6. The molecule has 1 unspecified atom stereocenters. The molecule has 1 fully saturated rings. The summed E-state index contributed by atoms with van der Waals surface area (Å²) in [6.45, 7) is 0.156. The summed E-state index contributed by atoms with van der Waals surface area (Å²) in [5.74, 6) is -1.23. The zero-order chi connectivity index (χ0) is 26.6. The number of rotatable bonds is 6. The van der Waals surface area contributed by atoms with Crippen molar-refractivity contribution in [3.05, 3.63) is 111 Å². The predicted molar refractivity (Wildman–Crippen MR) is 136 cm³/mol. The average Bonchev–Trinajstić information content (AvgIpc) is 3.19. The van der Waals surface area contributed by atoms with Gasteiger partial charge in [0.2, 0.25) is 5.91 Å². The number of carbonyl (C=O) groups is 2. The summed E-state index contributed by atoms with van der Waals surface area (Å²) >= 11 is 6.85. The van der Waals surface area contributed by atoms with Crippen molar-refractivity contribution in [2.24, 2.45) is 0 Å². The summed E-state index contributed by atoms with van der Waals surface area (Å²) < 4.78 is 40.9. The second-order valence-electron chi connectivity index (χ2n) is 8.08. The third-order valence-electron chi connectivity index (χ3n) is 5.59. The Hall–Kier alpha value is -3.74. The van der Waals surface area contributed by atoms with Crippen molar-refractivity contribution in [2.75, 3.05) is 4.90 Å². The van der Waals surface area contributed by atoms with Gasteiger partial charge in [0.1, 0.15) is 16.7 Å². The number of carbonyl (C=O) groups excluding carboxylic acids is 2. The minimum absolute atomic E-state index is 0.0600. The molecule has 4 rings (SSSR count). The van der Waals surface area contributed by atoms with Gasteiger partial charge in [-0.25, -0.2) is 0 Å². The summed E-state index contributed by atoms with van der Waals surface area (Å²) in [5, 5.41) is 11.7. The topological polar surface area (TPSA) is 73.2 Å². The van der Waals surface area contributed by atoms with Crippen LogP contribution >= 0.6 is 23.4 Å². The smallest absolute Gasteiger partial charge is 0.347 e. The molecule has 0 spiro atoms. The van der Waals surface area contributed by atoms with E-state index < -0.39 is 28.8 Å². The lowest BCUT2D eigenvalue weighted by atomic mass is 10.0. The number of benzene rings is 3. The number of amides is 2. The number of halogens is 4. The molecule has 2 amide bonds. The van der Waals surface area contributed by atoms with Gasteiger partial charge >= 0.3 is 6.18 Å². The van der Waals surface area contributed by atoms with Crippen LogP contribution in [0.25, 0.3) is 0 Å². The van der Waals surface area contributed by atoms with E-state index in [0.717, 1.165) is 29.5 Å². The van der Waals surface area contributed by atoms with E-state index in [4.69, 9.17) is 11.6 Å². The second-order valence-corrected chi connectivity index (χ2v) is 9.71. The molecule has 1 atom stereocenters. The highest BCUT2D eigenvalue weighted by Crippen LogP contribution is 2.43. The van der Waals surface area contributed by atoms with Gasteiger partial charge in [0.05, 0.1) is 10.8 Å². The first-order chi connectivity index (χ1) is 17.7. The van der Waals surface area contributed by atoms with Crippen LogP contribution < -0.4 is 10.2 Å². The second kappa shape index (κ2) is 11.1. The summed E-state index contributed by atoms with van der Waals surface area (Å²) in [7, 11) is 0. The van der Waals surface area contributed by atoms with Gasteiger partial charge in [0.25, 0.3) is 5.91 Å². The van der Waals surface area contributed by atoms with Gasteiger partial charge in [-0.05, 0) is 47.9 Å². The van der Waals surface area contributed by atoms with Crippen molar-refractivity contribution in [2.45, 2.75) is 24.4 Å². The zero-order valence-electron chi connectivity index (χ0n) is 19.1. The van der Waals surface area contributed by atoms with E-state index in [2.05, 4.69) is 5.32 Å². The molecule has 3 aromatic carbocycles. The van der Waals surface area contributed by atoms with Crippen molar-refractivity contribution < 1.29 is 22.8 Å². The molecule has 1 aliphatic heterocycles. The number of hydrogen-bond acceptors (Lipinski definition) is 4. The fourth-order valence-electron chi connectivity index (χ4n) is 3.87. The van der Waals surface area contributed by atoms with Crippen LogP contribution in [0.15, 0.2) is 89.5 Å². The van der Waals surface area contributed by atoms with Gasteiger partial charge < -0.3 is 5.32 Å².